The van der Waals surface area contributed by atoms with Gasteiger partial charge in [0.15, 0.2) is 6.29 Å². The molecule has 0 aliphatic carbocycles. The molecule has 0 aromatic carbocycles. The molecule has 1 N–H and O–H groups in total. The van der Waals surface area contributed by atoms with Crippen LogP contribution in [-0.4, -0.2) is 102 Å². The Bertz CT molecular complexity index is 1700. The number of piperazine rings is 1. The molecular weight excluding hydrogens is 620 g/mol. The zero-order valence-electron chi connectivity index (χ0n) is 28.7. The zero-order chi connectivity index (χ0) is 34.3. The van der Waals surface area contributed by atoms with Gasteiger partial charge in [-0.25, -0.2) is 9.97 Å². The van der Waals surface area contributed by atoms with Crippen molar-refractivity contribution in [1.82, 2.24) is 24.3 Å². The molecule has 49 heavy (non-hydrogen) atoms. The van der Waals surface area contributed by atoms with Gasteiger partial charge >= 0.3 is 0 Å². The van der Waals surface area contributed by atoms with Crippen LogP contribution in [0.5, 0.6) is 0 Å². The van der Waals surface area contributed by atoms with Crippen molar-refractivity contribution in [3.8, 4) is 0 Å². The average Bonchev–Trinajstić information content (AvgIpc) is 3.42. The molecule has 3 aromatic heterocycles. The van der Waals surface area contributed by atoms with Crippen molar-refractivity contribution in [2.24, 2.45) is 0 Å². The second kappa shape index (κ2) is 15.6. The fourth-order valence-electron chi connectivity index (χ4n) is 7.02. The molecule has 12 heteroatoms. The molecule has 0 atom stereocenters. The zero-order valence-corrected chi connectivity index (χ0v) is 28.7. The highest BCUT2D eigenvalue weighted by Gasteiger charge is 2.29. The van der Waals surface area contributed by atoms with Gasteiger partial charge < -0.3 is 24.4 Å². The number of carbonyl (C=O) groups excluding carboxylic acids is 3. The van der Waals surface area contributed by atoms with Crippen molar-refractivity contribution in [3.63, 3.8) is 0 Å². The highest BCUT2D eigenvalue weighted by Crippen LogP contribution is 2.29. The van der Waals surface area contributed by atoms with E-state index < -0.39 is 0 Å². The first kappa shape index (κ1) is 34.1. The van der Waals surface area contributed by atoms with Crippen molar-refractivity contribution in [3.05, 3.63) is 82.7 Å². The minimum Gasteiger partial charge on any atom is -0.378 e. The summed E-state index contributed by atoms with van der Waals surface area (Å²) in [6.07, 6.45) is 13.2. The van der Waals surface area contributed by atoms with E-state index in [0.29, 0.717) is 42.4 Å². The van der Waals surface area contributed by atoms with E-state index in [1.54, 1.807) is 25.5 Å². The number of pyridine rings is 2. The highest BCUT2D eigenvalue weighted by molar-refractivity contribution is 5.96. The first-order valence-corrected chi connectivity index (χ1v) is 17.1. The van der Waals surface area contributed by atoms with Crippen LogP contribution in [0.15, 0.2) is 54.6 Å². The summed E-state index contributed by atoms with van der Waals surface area (Å²) in [5.74, 6) is 0.954. The van der Waals surface area contributed by atoms with Crippen LogP contribution in [0.3, 0.4) is 0 Å². The Morgan fingerprint density at radius 3 is 2.53 bits per heavy atom. The predicted octanol–water partition coefficient (Wildman–Crippen LogP) is 3.91. The Kier molecular flexibility index (Phi) is 10.8. The number of aromatic nitrogens is 3. The van der Waals surface area contributed by atoms with E-state index in [9.17, 15) is 14.4 Å². The van der Waals surface area contributed by atoms with Gasteiger partial charge in [-0.15, -0.1) is 0 Å². The summed E-state index contributed by atoms with van der Waals surface area (Å²) in [4.78, 5) is 53.6. The second-order valence-corrected chi connectivity index (χ2v) is 13.1. The summed E-state index contributed by atoms with van der Waals surface area (Å²) < 4.78 is 7.73. The van der Waals surface area contributed by atoms with Crippen LogP contribution < -0.4 is 15.1 Å². The van der Waals surface area contributed by atoms with Crippen molar-refractivity contribution in [2.75, 3.05) is 68.1 Å². The van der Waals surface area contributed by atoms with E-state index >= 15 is 0 Å². The van der Waals surface area contributed by atoms with E-state index in [1.807, 2.05) is 25.3 Å². The number of fused-ring (bicyclic) bond motifs is 1. The van der Waals surface area contributed by atoms with Crippen molar-refractivity contribution < 1.29 is 19.1 Å². The number of amides is 2. The van der Waals surface area contributed by atoms with E-state index in [0.717, 1.165) is 82.9 Å². The van der Waals surface area contributed by atoms with Gasteiger partial charge in [0.25, 0.3) is 0 Å². The number of nitrogens with zero attached hydrogens (tertiary/aromatic N) is 7. The first-order valence-electron chi connectivity index (χ1n) is 17.1. The van der Waals surface area contributed by atoms with Gasteiger partial charge in [0.1, 0.15) is 11.6 Å². The minimum absolute atomic E-state index is 0.269. The first-order chi connectivity index (χ1) is 23.9. The Labute approximate surface area is 288 Å². The smallest absolute Gasteiger partial charge is 0.215 e. The lowest BCUT2D eigenvalue weighted by molar-refractivity contribution is -0.115. The Morgan fingerprint density at radius 2 is 1.86 bits per heavy atom. The summed E-state index contributed by atoms with van der Waals surface area (Å²) in [6.45, 7) is 11.0. The molecule has 6 heterocycles. The normalized spacial score (nSPS) is 17.2. The summed E-state index contributed by atoms with van der Waals surface area (Å²) >= 11 is 0. The maximum Gasteiger partial charge on any atom is 0.215 e. The SMILES string of the molecule is C/C(=C\C(=C/N(C)C=O)c1ccnc(N(C=O)CCc2c(C)cc3n2CCCC3)c1C=O)Nc1ccc(N2CCN(C3COC3)CC2)cn1. The van der Waals surface area contributed by atoms with Crippen LogP contribution in [-0.2, 0) is 33.7 Å². The van der Waals surface area contributed by atoms with E-state index in [-0.39, 0.29) is 11.4 Å². The van der Waals surface area contributed by atoms with E-state index in [1.165, 1.54) is 33.2 Å². The topological polar surface area (TPSA) is 116 Å². The van der Waals surface area contributed by atoms with E-state index in [2.05, 4.69) is 48.7 Å². The van der Waals surface area contributed by atoms with E-state index in [4.69, 9.17) is 4.74 Å². The van der Waals surface area contributed by atoms with Crippen LogP contribution in [0.25, 0.3) is 5.57 Å². The van der Waals surface area contributed by atoms with Gasteiger partial charge in [0.05, 0.1) is 36.7 Å². The third-order valence-corrected chi connectivity index (χ3v) is 9.73. The maximum atomic E-state index is 12.7. The predicted molar refractivity (Wildman–Crippen MR) is 191 cm³/mol. The molecule has 12 nitrogen and oxygen atoms in total. The van der Waals surface area contributed by atoms with Crippen LogP contribution in [0.4, 0.5) is 17.3 Å². The Balaban J connectivity index is 1.18. The summed E-state index contributed by atoms with van der Waals surface area (Å²) in [6, 6.07) is 8.55. The summed E-state index contributed by atoms with van der Waals surface area (Å²) in [5.41, 5.74) is 7.02. The molecule has 2 amide bonds. The minimum atomic E-state index is 0.269. The molecule has 0 bridgehead atoms. The number of anilines is 3. The number of ether oxygens (including phenoxy) is 1. The molecule has 0 saturated carbocycles. The van der Waals surface area contributed by atoms with Crippen molar-refractivity contribution in [1.29, 1.82) is 0 Å². The molecule has 0 unspecified atom stereocenters. The largest absolute Gasteiger partial charge is 0.378 e. The third kappa shape index (κ3) is 7.76. The van der Waals surface area contributed by atoms with Gasteiger partial charge in [0.2, 0.25) is 12.8 Å². The second-order valence-electron chi connectivity index (χ2n) is 13.1. The number of hydrogen-bond donors (Lipinski definition) is 1. The van der Waals surface area contributed by atoms with Crippen molar-refractivity contribution in [2.45, 2.75) is 52.1 Å². The monoisotopic (exact) mass is 666 g/mol. The Morgan fingerprint density at radius 1 is 1.04 bits per heavy atom. The molecule has 258 valence electrons. The number of rotatable bonds is 14. The van der Waals surface area contributed by atoms with Gasteiger partial charge in [-0.2, -0.15) is 0 Å². The van der Waals surface area contributed by atoms with Crippen LogP contribution in [0.2, 0.25) is 0 Å². The lowest BCUT2D eigenvalue weighted by Gasteiger charge is -2.43. The molecule has 3 aliphatic heterocycles. The molecule has 6 rings (SSSR count). The molecular formula is C37H46N8O4. The number of carbonyl (C=O) groups is 3. The lowest BCUT2D eigenvalue weighted by atomic mass is 10.0. The fraction of sp³-hybridized carbons (Fsp3) is 0.432. The summed E-state index contributed by atoms with van der Waals surface area (Å²) in [5, 5.41) is 3.34. The van der Waals surface area contributed by atoms with Gasteiger partial charge in [-0.1, -0.05) is 0 Å². The standard InChI is InChI=1S/C37H46N8O4/c1-27-18-30-6-4-5-12-45(30)35(27)10-13-44(26-48)37-34(22-46)33(9-11-38-37)29(21-41(3)25-47)19-28(2)40-36-8-7-31(20-39-36)42-14-16-43(17-15-42)32-23-49-24-32/h7-9,11,18-22,25-26,32H,4-6,10,12-17,23-24H2,1-3H3,(H,39,40)/b28-19+,29-21+. The molecule has 0 radical (unpaired) electrons. The number of aryl methyl sites for hydroxylation is 2. The molecule has 0 spiro atoms. The maximum absolute atomic E-state index is 12.7. The number of aldehydes is 1. The molecule has 3 aromatic rings. The summed E-state index contributed by atoms with van der Waals surface area (Å²) in [7, 11) is 1.63. The van der Waals surface area contributed by atoms with Gasteiger partial charge in [0, 0.05) is 87.8 Å². The Hall–Kier alpha value is -4.81. The lowest BCUT2D eigenvalue weighted by Crippen LogP contribution is -2.56. The molecule has 2 saturated heterocycles. The molecule has 3 aliphatic rings. The van der Waals surface area contributed by atoms with Crippen LogP contribution in [0, 0.1) is 6.92 Å². The fourth-order valence-corrected chi connectivity index (χ4v) is 7.02. The quantitative estimate of drug-likeness (QED) is 0.202. The van der Waals surface area contributed by atoms with Gasteiger partial charge in [-0.05, 0) is 74.6 Å². The number of allylic oxidation sites excluding steroid dienone is 3. The average molecular weight is 667 g/mol. The third-order valence-electron chi connectivity index (χ3n) is 9.73. The molecule has 2 fully saturated rings. The van der Waals surface area contributed by atoms with Crippen LogP contribution >= 0.6 is 0 Å². The highest BCUT2D eigenvalue weighted by atomic mass is 16.5. The van der Waals surface area contributed by atoms with Crippen molar-refractivity contribution >= 4 is 42.0 Å². The van der Waals surface area contributed by atoms with Gasteiger partial charge in [-0.3, -0.25) is 24.2 Å². The van der Waals surface area contributed by atoms with Crippen LogP contribution in [0.1, 0.15) is 52.6 Å². The number of hydrogen-bond acceptors (Lipinski definition) is 9. The number of nitrogens with one attached hydrogen (secondary N) is 1.